The number of likely N-dealkylation sites (N-methyl/N-ethyl adjacent to an activating group) is 1. The van der Waals surface area contributed by atoms with Crippen LogP contribution in [0.5, 0.6) is 0 Å². The Morgan fingerprint density at radius 3 is 2.53 bits per heavy atom. The minimum absolute atomic E-state index is 0.431. The highest BCUT2D eigenvalue weighted by atomic mass is 35.5. The number of halogens is 2. The monoisotopic (exact) mass is 271 g/mol. The van der Waals surface area contributed by atoms with E-state index in [4.69, 9.17) is 27.6 Å². The van der Waals surface area contributed by atoms with E-state index >= 15 is 0 Å². The molecule has 0 radical (unpaired) electrons. The van der Waals surface area contributed by atoms with Crippen LogP contribution in [0.1, 0.15) is 5.89 Å². The van der Waals surface area contributed by atoms with Gasteiger partial charge in [-0.05, 0) is 25.2 Å². The minimum atomic E-state index is 0.431. The Morgan fingerprint density at radius 2 is 1.88 bits per heavy atom. The molecule has 17 heavy (non-hydrogen) atoms. The molecule has 0 spiro atoms. The number of nitrogens with zero attached hydrogens (tertiary/aromatic N) is 2. The summed E-state index contributed by atoms with van der Waals surface area (Å²) >= 11 is 11.8. The van der Waals surface area contributed by atoms with Crippen molar-refractivity contribution in [2.24, 2.45) is 0 Å². The standard InChI is InChI=1S/C11H11Cl2N3O/c1-14-3-2-10-15-16-11(17-10)7-4-8(12)6-9(13)5-7/h4-6,14H,2-3H2,1H3. The van der Waals surface area contributed by atoms with E-state index in [-0.39, 0.29) is 0 Å². The Bertz CT molecular complexity index is 493. The summed E-state index contributed by atoms with van der Waals surface area (Å²) in [7, 11) is 1.87. The molecule has 1 aromatic heterocycles. The van der Waals surface area contributed by atoms with Crippen molar-refractivity contribution in [1.82, 2.24) is 15.5 Å². The maximum absolute atomic E-state index is 5.91. The van der Waals surface area contributed by atoms with E-state index in [1.54, 1.807) is 18.2 Å². The topological polar surface area (TPSA) is 51.0 Å². The van der Waals surface area contributed by atoms with Crippen LogP contribution in [0.15, 0.2) is 22.6 Å². The lowest BCUT2D eigenvalue weighted by molar-refractivity contribution is 0.500. The molecule has 0 bridgehead atoms. The van der Waals surface area contributed by atoms with Gasteiger partial charge in [-0.15, -0.1) is 10.2 Å². The van der Waals surface area contributed by atoms with Gasteiger partial charge in [0.1, 0.15) is 0 Å². The predicted molar refractivity (Wildman–Crippen MR) is 67.4 cm³/mol. The van der Waals surface area contributed by atoms with Crippen LogP contribution >= 0.6 is 23.2 Å². The lowest BCUT2D eigenvalue weighted by atomic mass is 10.2. The summed E-state index contributed by atoms with van der Waals surface area (Å²) in [4.78, 5) is 0. The Kier molecular flexibility index (Phi) is 3.99. The van der Waals surface area contributed by atoms with E-state index < -0.39 is 0 Å². The van der Waals surface area contributed by atoms with E-state index in [1.807, 2.05) is 7.05 Å². The maximum atomic E-state index is 5.91. The van der Waals surface area contributed by atoms with Gasteiger partial charge in [0.05, 0.1) is 0 Å². The Hall–Kier alpha value is -1.10. The lowest BCUT2D eigenvalue weighted by Crippen LogP contribution is -2.10. The molecule has 0 unspecified atom stereocenters. The molecule has 0 aliphatic carbocycles. The van der Waals surface area contributed by atoms with Crippen LogP contribution in [0.2, 0.25) is 10.0 Å². The van der Waals surface area contributed by atoms with Crippen molar-refractivity contribution < 1.29 is 4.42 Å². The van der Waals surface area contributed by atoms with Gasteiger partial charge in [-0.2, -0.15) is 0 Å². The second kappa shape index (κ2) is 5.49. The van der Waals surface area contributed by atoms with E-state index in [2.05, 4.69) is 15.5 Å². The van der Waals surface area contributed by atoms with Crippen molar-refractivity contribution in [2.45, 2.75) is 6.42 Å². The van der Waals surface area contributed by atoms with E-state index in [0.717, 1.165) is 12.1 Å². The number of benzene rings is 1. The van der Waals surface area contributed by atoms with Crippen molar-refractivity contribution in [3.8, 4) is 11.5 Å². The molecule has 90 valence electrons. The van der Waals surface area contributed by atoms with E-state index in [0.29, 0.717) is 28.2 Å². The second-order valence-electron chi connectivity index (χ2n) is 3.51. The van der Waals surface area contributed by atoms with Crippen LogP contribution in [0.3, 0.4) is 0 Å². The maximum Gasteiger partial charge on any atom is 0.247 e. The molecule has 4 nitrogen and oxygen atoms in total. The van der Waals surface area contributed by atoms with Crippen LogP contribution in [0.4, 0.5) is 0 Å². The third-order valence-electron chi connectivity index (χ3n) is 2.17. The van der Waals surface area contributed by atoms with Gasteiger partial charge in [0.2, 0.25) is 11.8 Å². The average molecular weight is 272 g/mol. The first kappa shape index (κ1) is 12.4. The van der Waals surface area contributed by atoms with Crippen LogP contribution in [-0.2, 0) is 6.42 Å². The number of hydrogen-bond donors (Lipinski definition) is 1. The van der Waals surface area contributed by atoms with Gasteiger partial charge in [-0.25, -0.2) is 0 Å². The summed E-state index contributed by atoms with van der Waals surface area (Å²) in [6.07, 6.45) is 0.692. The Labute approximate surface area is 109 Å². The molecule has 2 aromatic rings. The lowest BCUT2D eigenvalue weighted by Gasteiger charge is -1.97. The minimum Gasteiger partial charge on any atom is -0.421 e. The van der Waals surface area contributed by atoms with Gasteiger partial charge < -0.3 is 9.73 Å². The van der Waals surface area contributed by atoms with Crippen molar-refractivity contribution >= 4 is 23.2 Å². The first-order chi connectivity index (χ1) is 8.19. The SMILES string of the molecule is CNCCc1nnc(-c2cc(Cl)cc(Cl)c2)o1. The van der Waals surface area contributed by atoms with Gasteiger partial charge in [-0.3, -0.25) is 0 Å². The third-order valence-corrected chi connectivity index (χ3v) is 2.60. The molecule has 0 aliphatic heterocycles. The van der Waals surface area contributed by atoms with Crippen LogP contribution in [0, 0.1) is 0 Å². The van der Waals surface area contributed by atoms with Gasteiger partial charge >= 0.3 is 0 Å². The smallest absolute Gasteiger partial charge is 0.247 e. The van der Waals surface area contributed by atoms with Crippen LogP contribution in [-0.4, -0.2) is 23.8 Å². The Morgan fingerprint density at radius 1 is 1.18 bits per heavy atom. The normalized spacial score (nSPS) is 10.8. The van der Waals surface area contributed by atoms with E-state index in [9.17, 15) is 0 Å². The number of rotatable bonds is 4. The fourth-order valence-electron chi connectivity index (χ4n) is 1.38. The highest BCUT2D eigenvalue weighted by Gasteiger charge is 2.09. The molecule has 2 rings (SSSR count). The summed E-state index contributed by atoms with van der Waals surface area (Å²) in [6, 6.07) is 5.14. The molecule has 6 heteroatoms. The quantitative estimate of drug-likeness (QED) is 0.929. The molecular formula is C11H11Cl2N3O. The van der Waals surface area contributed by atoms with Crippen molar-refractivity contribution in [2.75, 3.05) is 13.6 Å². The molecule has 1 N–H and O–H groups in total. The number of aromatic nitrogens is 2. The molecule has 0 atom stereocenters. The summed E-state index contributed by atoms with van der Waals surface area (Å²) in [5.74, 6) is 1.02. The molecule has 1 aromatic carbocycles. The van der Waals surface area contributed by atoms with Gasteiger partial charge in [-0.1, -0.05) is 23.2 Å². The molecule has 0 fully saturated rings. The van der Waals surface area contributed by atoms with Crippen molar-refractivity contribution in [3.05, 3.63) is 34.1 Å². The fraction of sp³-hybridized carbons (Fsp3) is 0.273. The third kappa shape index (κ3) is 3.19. The molecule has 0 saturated carbocycles. The fourth-order valence-corrected chi connectivity index (χ4v) is 1.91. The Balaban J connectivity index is 2.24. The summed E-state index contributed by atoms with van der Waals surface area (Å²) in [5, 5.41) is 12.0. The van der Waals surface area contributed by atoms with Crippen LogP contribution in [0.25, 0.3) is 11.5 Å². The molecular weight excluding hydrogens is 261 g/mol. The molecule has 0 saturated heterocycles. The van der Waals surface area contributed by atoms with Gasteiger partial charge in [0, 0.05) is 28.6 Å². The predicted octanol–water partition coefficient (Wildman–Crippen LogP) is 2.81. The van der Waals surface area contributed by atoms with Crippen LogP contribution < -0.4 is 5.32 Å². The van der Waals surface area contributed by atoms with Gasteiger partial charge in [0.25, 0.3) is 0 Å². The summed E-state index contributed by atoms with van der Waals surface area (Å²) in [6.45, 7) is 0.790. The van der Waals surface area contributed by atoms with E-state index in [1.165, 1.54) is 0 Å². The summed E-state index contributed by atoms with van der Waals surface area (Å²) in [5.41, 5.74) is 0.728. The number of hydrogen-bond acceptors (Lipinski definition) is 4. The van der Waals surface area contributed by atoms with Crippen molar-refractivity contribution in [3.63, 3.8) is 0 Å². The zero-order chi connectivity index (χ0) is 12.3. The number of nitrogens with one attached hydrogen (secondary N) is 1. The molecule has 0 amide bonds. The first-order valence-corrected chi connectivity index (χ1v) is 5.88. The van der Waals surface area contributed by atoms with Gasteiger partial charge in [0.15, 0.2) is 0 Å². The largest absolute Gasteiger partial charge is 0.421 e. The highest BCUT2D eigenvalue weighted by Crippen LogP contribution is 2.26. The molecule has 1 heterocycles. The second-order valence-corrected chi connectivity index (χ2v) is 4.39. The zero-order valence-electron chi connectivity index (χ0n) is 9.20. The average Bonchev–Trinajstić information content (AvgIpc) is 2.73. The van der Waals surface area contributed by atoms with Crippen molar-refractivity contribution in [1.29, 1.82) is 0 Å². The summed E-state index contributed by atoms with van der Waals surface area (Å²) < 4.78 is 5.50. The zero-order valence-corrected chi connectivity index (χ0v) is 10.7. The highest BCUT2D eigenvalue weighted by molar-refractivity contribution is 6.35. The first-order valence-electron chi connectivity index (χ1n) is 5.12. The molecule has 0 aliphatic rings.